The number of likely N-dealkylation sites (N-methyl/N-ethyl adjacent to an activating group) is 1. The van der Waals surface area contributed by atoms with Crippen LogP contribution in [0.5, 0.6) is 0 Å². The molecule has 1 aromatic carbocycles. The van der Waals surface area contributed by atoms with Gasteiger partial charge in [-0.25, -0.2) is 0 Å². The number of nitrogen functional groups attached to an aromatic ring is 1. The van der Waals surface area contributed by atoms with Gasteiger partial charge in [0.25, 0.3) is 5.91 Å². The van der Waals surface area contributed by atoms with E-state index < -0.39 is 0 Å². The molecule has 0 aromatic heterocycles. The molecule has 0 aliphatic heterocycles. The van der Waals surface area contributed by atoms with E-state index in [1.165, 1.54) is 18.9 Å². The van der Waals surface area contributed by atoms with E-state index in [4.69, 9.17) is 28.9 Å². The summed E-state index contributed by atoms with van der Waals surface area (Å²) in [6, 6.07) is 4.01. The number of nitrogens with zero attached hydrogens (tertiary/aromatic N) is 1. The third-order valence-electron chi connectivity index (χ3n) is 3.67. The summed E-state index contributed by atoms with van der Waals surface area (Å²) in [6.45, 7) is 2.65. The SMILES string of the molecule is CC(CNC(=O)c1cc(N)cc(Cl)c1Cl)N(C)C1CC1. The maximum atomic E-state index is 12.2. The van der Waals surface area contributed by atoms with Crippen LogP contribution in [0.4, 0.5) is 5.69 Å². The van der Waals surface area contributed by atoms with Gasteiger partial charge in [0.1, 0.15) is 0 Å². The second kappa shape index (κ2) is 6.20. The summed E-state index contributed by atoms with van der Waals surface area (Å²) >= 11 is 12.0. The third-order valence-corrected chi connectivity index (χ3v) is 4.47. The fourth-order valence-electron chi connectivity index (χ4n) is 2.10. The number of rotatable bonds is 5. The van der Waals surface area contributed by atoms with Crippen molar-refractivity contribution < 1.29 is 4.79 Å². The van der Waals surface area contributed by atoms with Crippen molar-refractivity contribution in [2.75, 3.05) is 19.3 Å². The quantitative estimate of drug-likeness (QED) is 0.821. The molecular formula is C14H19Cl2N3O. The fourth-order valence-corrected chi connectivity index (χ4v) is 2.52. The second-order valence-corrected chi connectivity index (χ2v) is 6.11. The average Bonchev–Trinajstić information content (AvgIpc) is 3.23. The van der Waals surface area contributed by atoms with Crippen molar-refractivity contribution >= 4 is 34.8 Å². The zero-order valence-electron chi connectivity index (χ0n) is 11.6. The van der Waals surface area contributed by atoms with Crippen LogP contribution in [0, 0.1) is 0 Å². The van der Waals surface area contributed by atoms with Gasteiger partial charge in [-0.1, -0.05) is 23.2 Å². The number of hydrogen-bond acceptors (Lipinski definition) is 3. The highest BCUT2D eigenvalue weighted by molar-refractivity contribution is 6.44. The summed E-state index contributed by atoms with van der Waals surface area (Å²) in [7, 11) is 2.08. The summed E-state index contributed by atoms with van der Waals surface area (Å²) in [5, 5.41) is 3.41. The van der Waals surface area contributed by atoms with Gasteiger partial charge in [-0.05, 0) is 38.9 Å². The molecule has 1 aliphatic rings. The van der Waals surface area contributed by atoms with Crippen LogP contribution >= 0.6 is 23.2 Å². The molecule has 0 bridgehead atoms. The lowest BCUT2D eigenvalue weighted by atomic mass is 10.2. The van der Waals surface area contributed by atoms with Crippen LogP contribution in [0.25, 0.3) is 0 Å². The number of nitrogens with one attached hydrogen (secondary N) is 1. The van der Waals surface area contributed by atoms with Gasteiger partial charge in [0.15, 0.2) is 0 Å². The van der Waals surface area contributed by atoms with Crippen molar-refractivity contribution in [3.63, 3.8) is 0 Å². The van der Waals surface area contributed by atoms with Crippen molar-refractivity contribution in [2.24, 2.45) is 0 Å². The Bertz CT molecular complexity index is 517. The van der Waals surface area contributed by atoms with E-state index in [0.29, 0.717) is 28.9 Å². The lowest BCUT2D eigenvalue weighted by molar-refractivity contribution is 0.0939. The van der Waals surface area contributed by atoms with Crippen LogP contribution < -0.4 is 11.1 Å². The molecule has 0 saturated heterocycles. The number of carbonyl (C=O) groups excluding carboxylic acids is 1. The van der Waals surface area contributed by atoms with Crippen molar-refractivity contribution in [2.45, 2.75) is 31.8 Å². The Kier molecular flexibility index (Phi) is 4.78. The highest BCUT2D eigenvalue weighted by Gasteiger charge is 2.29. The monoisotopic (exact) mass is 315 g/mol. The minimum atomic E-state index is -0.250. The molecule has 0 heterocycles. The maximum absolute atomic E-state index is 12.2. The highest BCUT2D eigenvalue weighted by Crippen LogP contribution is 2.29. The van der Waals surface area contributed by atoms with Gasteiger partial charge in [0.05, 0.1) is 15.6 Å². The molecule has 1 aliphatic carbocycles. The lowest BCUT2D eigenvalue weighted by Gasteiger charge is -2.24. The van der Waals surface area contributed by atoms with Crippen molar-refractivity contribution in [3.8, 4) is 0 Å². The van der Waals surface area contributed by atoms with E-state index in [1.54, 1.807) is 6.07 Å². The van der Waals surface area contributed by atoms with Crippen molar-refractivity contribution in [3.05, 3.63) is 27.7 Å². The number of carbonyl (C=O) groups is 1. The molecular weight excluding hydrogens is 297 g/mol. The zero-order chi connectivity index (χ0) is 14.9. The minimum absolute atomic E-state index is 0.238. The van der Waals surface area contributed by atoms with E-state index in [9.17, 15) is 4.79 Å². The molecule has 1 atom stereocenters. The first kappa shape index (κ1) is 15.4. The first-order valence-corrected chi connectivity index (χ1v) is 7.40. The summed E-state index contributed by atoms with van der Waals surface area (Å²) in [5.74, 6) is -0.250. The van der Waals surface area contributed by atoms with Crippen molar-refractivity contribution in [1.29, 1.82) is 0 Å². The molecule has 0 radical (unpaired) electrons. The number of anilines is 1. The smallest absolute Gasteiger partial charge is 0.252 e. The normalized spacial score (nSPS) is 16.2. The summed E-state index contributed by atoms with van der Waals surface area (Å²) in [5.41, 5.74) is 6.43. The van der Waals surface area contributed by atoms with Gasteiger partial charge in [-0.15, -0.1) is 0 Å². The van der Waals surface area contributed by atoms with Gasteiger partial charge >= 0.3 is 0 Å². The number of halogens is 2. The van der Waals surface area contributed by atoms with Crippen LogP contribution in [-0.4, -0.2) is 36.5 Å². The number of nitrogens with two attached hydrogens (primary N) is 1. The minimum Gasteiger partial charge on any atom is -0.399 e. The number of hydrogen-bond donors (Lipinski definition) is 2. The molecule has 1 amide bonds. The van der Waals surface area contributed by atoms with E-state index in [-0.39, 0.29) is 17.0 Å². The van der Waals surface area contributed by atoms with Gasteiger partial charge in [0.2, 0.25) is 0 Å². The molecule has 4 nitrogen and oxygen atoms in total. The Labute approximate surface area is 129 Å². The molecule has 0 spiro atoms. The van der Waals surface area contributed by atoms with E-state index in [2.05, 4.69) is 24.2 Å². The molecule has 3 N–H and O–H groups in total. The molecule has 6 heteroatoms. The second-order valence-electron chi connectivity index (χ2n) is 5.32. The Morgan fingerprint density at radius 3 is 2.75 bits per heavy atom. The van der Waals surface area contributed by atoms with Crippen LogP contribution in [0.15, 0.2) is 12.1 Å². The highest BCUT2D eigenvalue weighted by atomic mass is 35.5. The van der Waals surface area contributed by atoms with Gasteiger partial charge in [-0.3, -0.25) is 9.69 Å². The molecule has 1 saturated carbocycles. The van der Waals surface area contributed by atoms with Gasteiger partial charge in [-0.2, -0.15) is 0 Å². The summed E-state index contributed by atoms with van der Waals surface area (Å²) < 4.78 is 0. The number of amides is 1. The Morgan fingerprint density at radius 2 is 2.15 bits per heavy atom. The molecule has 1 fully saturated rings. The molecule has 1 aromatic rings. The first-order chi connectivity index (χ1) is 9.40. The standard InChI is InChI=1S/C14H19Cl2N3O/c1-8(19(2)10-3-4-10)7-18-14(20)11-5-9(17)6-12(15)13(11)16/h5-6,8,10H,3-4,7,17H2,1-2H3,(H,18,20). The van der Waals surface area contributed by atoms with Gasteiger partial charge < -0.3 is 11.1 Å². The Morgan fingerprint density at radius 1 is 1.50 bits per heavy atom. The van der Waals surface area contributed by atoms with Gasteiger partial charge in [0, 0.05) is 24.3 Å². The molecule has 20 heavy (non-hydrogen) atoms. The van der Waals surface area contributed by atoms with Crippen LogP contribution in [0.2, 0.25) is 10.0 Å². The van der Waals surface area contributed by atoms with E-state index in [1.807, 2.05) is 0 Å². The first-order valence-electron chi connectivity index (χ1n) is 6.64. The maximum Gasteiger partial charge on any atom is 0.252 e. The average molecular weight is 316 g/mol. The molecule has 1 unspecified atom stereocenters. The summed E-state index contributed by atoms with van der Waals surface area (Å²) in [6.07, 6.45) is 2.48. The van der Waals surface area contributed by atoms with Crippen molar-refractivity contribution in [1.82, 2.24) is 10.2 Å². The fraction of sp³-hybridized carbons (Fsp3) is 0.500. The van der Waals surface area contributed by atoms with E-state index >= 15 is 0 Å². The predicted molar refractivity (Wildman–Crippen MR) is 83.5 cm³/mol. The lowest BCUT2D eigenvalue weighted by Crippen LogP contribution is -2.41. The Balaban J connectivity index is 1.98. The zero-order valence-corrected chi connectivity index (χ0v) is 13.1. The molecule has 110 valence electrons. The predicted octanol–water partition coefficient (Wildman–Crippen LogP) is 2.79. The number of benzene rings is 1. The summed E-state index contributed by atoms with van der Waals surface area (Å²) in [4.78, 5) is 14.4. The molecule has 2 rings (SSSR count). The van der Waals surface area contributed by atoms with Crippen LogP contribution in [0.1, 0.15) is 30.1 Å². The van der Waals surface area contributed by atoms with Crippen LogP contribution in [0.3, 0.4) is 0 Å². The third kappa shape index (κ3) is 3.57. The topological polar surface area (TPSA) is 58.4 Å². The Hall–Kier alpha value is -0.970. The van der Waals surface area contributed by atoms with Crippen LogP contribution in [-0.2, 0) is 0 Å². The van der Waals surface area contributed by atoms with E-state index in [0.717, 1.165) is 0 Å². The largest absolute Gasteiger partial charge is 0.399 e.